The molecule has 0 amide bonds. The Hall–Kier alpha value is -1.24. The molecular formula is C10H13ClN4O2. The van der Waals surface area contributed by atoms with Gasteiger partial charge in [-0.3, -0.25) is 9.69 Å². The van der Waals surface area contributed by atoms with Crippen LogP contribution in [-0.2, 0) is 11.3 Å². The maximum absolute atomic E-state index is 11.1. The van der Waals surface area contributed by atoms with Gasteiger partial charge >= 0.3 is 5.97 Å². The molecular weight excluding hydrogens is 244 g/mol. The van der Waals surface area contributed by atoms with Gasteiger partial charge in [0, 0.05) is 26.2 Å². The van der Waals surface area contributed by atoms with Gasteiger partial charge in [0.2, 0.25) is 0 Å². The van der Waals surface area contributed by atoms with Gasteiger partial charge in [-0.1, -0.05) is 11.6 Å². The van der Waals surface area contributed by atoms with Crippen LogP contribution in [-0.4, -0.2) is 51.8 Å². The number of nitrogens with zero attached hydrogens (tertiary/aromatic N) is 3. The summed E-state index contributed by atoms with van der Waals surface area (Å²) in [6, 6.07) is 2.90. The quantitative estimate of drug-likeness (QED) is 0.792. The number of rotatable bonds is 3. The highest BCUT2D eigenvalue weighted by Crippen LogP contribution is 2.10. The molecule has 6 nitrogen and oxygen atoms in total. The average Bonchev–Trinajstić information content (AvgIpc) is 2.32. The zero-order chi connectivity index (χ0) is 12.3. The van der Waals surface area contributed by atoms with Crippen LogP contribution in [0.25, 0.3) is 0 Å². The molecule has 1 aromatic rings. The first-order chi connectivity index (χ1) is 8.16. The van der Waals surface area contributed by atoms with Crippen molar-refractivity contribution >= 4 is 17.6 Å². The van der Waals surface area contributed by atoms with Crippen molar-refractivity contribution in [2.45, 2.75) is 12.6 Å². The van der Waals surface area contributed by atoms with E-state index in [1.165, 1.54) is 0 Å². The lowest BCUT2D eigenvalue weighted by atomic mass is 10.2. The molecule has 2 heterocycles. The van der Waals surface area contributed by atoms with E-state index in [1.807, 2.05) is 4.90 Å². The number of hydrogen-bond acceptors (Lipinski definition) is 5. The lowest BCUT2D eigenvalue weighted by molar-refractivity contribution is -0.144. The van der Waals surface area contributed by atoms with E-state index in [2.05, 4.69) is 15.5 Å². The Kier molecular flexibility index (Phi) is 3.88. The maximum atomic E-state index is 11.1. The van der Waals surface area contributed by atoms with Crippen molar-refractivity contribution in [2.75, 3.05) is 19.6 Å². The minimum Gasteiger partial charge on any atom is -0.480 e. The lowest BCUT2D eigenvalue weighted by Crippen LogP contribution is -2.54. The maximum Gasteiger partial charge on any atom is 0.322 e. The Labute approximate surface area is 104 Å². The van der Waals surface area contributed by atoms with Crippen molar-refractivity contribution in [3.63, 3.8) is 0 Å². The summed E-state index contributed by atoms with van der Waals surface area (Å²) >= 11 is 5.64. The molecule has 1 fully saturated rings. The molecule has 1 aliphatic rings. The van der Waals surface area contributed by atoms with Crippen molar-refractivity contribution in [2.24, 2.45) is 0 Å². The van der Waals surface area contributed by atoms with Gasteiger partial charge in [-0.05, 0) is 12.1 Å². The molecule has 0 bridgehead atoms. The smallest absolute Gasteiger partial charge is 0.322 e. The Morgan fingerprint density at radius 3 is 3.06 bits per heavy atom. The van der Waals surface area contributed by atoms with Crippen molar-refractivity contribution in [3.8, 4) is 0 Å². The number of carboxylic acids is 1. The first-order valence-corrected chi connectivity index (χ1v) is 5.70. The first kappa shape index (κ1) is 12.2. The predicted octanol–water partition coefficient (Wildman–Crippen LogP) is -0.0116. The zero-order valence-corrected chi connectivity index (χ0v) is 9.89. The molecule has 0 aliphatic carbocycles. The molecule has 92 valence electrons. The molecule has 0 saturated carbocycles. The Morgan fingerprint density at radius 1 is 1.59 bits per heavy atom. The largest absolute Gasteiger partial charge is 0.480 e. The summed E-state index contributed by atoms with van der Waals surface area (Å²) in [4.78, 5) is 12.9. The molecule has 0 spiro atoms. The lowest BCUT2D eigenvalue weighted by Gasteiger charge is -2.32. The first-order valence-electron chi connectivity index (χ1n) is 5.32. The summed E-state index contributed by atoms with van der Waals surface area (Å²) in [6.07, 6.45) is 0. The number of piperazine rings is 1. The Balaban J connectivity index is 2.05. The second kappa shape index (κ2) is 5.39. The molecule has 1 aliphatic heterocycles. The van der Waals surface area contributed by atoms with Crippen LogP contribution in [0.2, 0.25) is 5.15 Å². The molecule has 1 atom stereocenters. The van der Waals surface area contributed by atoms with Crippen LogP contribution in [0.4, 0.5) is 0 Å². The second-order valence-electron chi connectivity index (χ2n) is 3.88. The van der Waals surface area contributed by atoms with E-state index in [0.717, 1.165) is 12.2 Å². The fourth-order valence-corrected chi connectivity index (χ4v) is 1.92. The number of carboxylic acid groups (broad SMARTS) is 1. The molecule has 0 radical (unpaired) electrons. The van der Waals surface area contributed by atoms with E-state index in [1.54, 1.807) is 12.1 Å². The average molecular weight is 257 g/mol. The number of aliphatic carboxylic acids is 1. The normalized spacial score (nSPS) is 21.4. The number of aromatic nitrogens is 2. The fourth-order valence-electron chi connectivity index (χ4n) is 1.82. The van der Waals surface area contributed by atoms with Crippen molar-refractivity contribution in [1.29, 1.82) is 0 Å². The van der Waals surface area contributed by atoms with E-state index >= 15 is 0 Å². The highest BCUT2D eigenvalue weighted by atomic mass is 35.5. The molecule has 17 heavy (non-hydrogen) atoms. The van der Waals surface area contributed by atoms with Crippen LogP contribution in [0.1, 0.15) is 5.69 Å². The third-order valence-electron chi connectivity index (χ3n) is 2.69. The highest BCUT2D eigenvalue weighted by Gasteiger charge is 2.28. The SMILES string of the molecule is O=C(O)[C@@H]1CNCCN1Cc1ccc(Cl)nn1. The van der Waals surface area contributed by atoms with Crippen molar-refractivity contribution in [1.82, 2.24) is 20.4 Å². The number of halogens is 1. The van der Waals surface area contributed by atoms with Crippen molar-refractivity contribution < 1.29 is 9.90 Å². The molecule has 2 rings (SSSR count). The van der Waals surface area contributed by atoms with Gasteiger partial charge in [0.15, 0.2) is 5.15 Å². The van der Waals surface area contributed by atoms with E-state index in [9.17, 15) is 4.79 Å². The fraction of sp³-hybridized carbons (Fsp3) is 0.500. The van der Waals surface area contributed by atoms with E-state index in [-0.39, 0.29) is 0 Å². The number of carbonyl (C=O) groups is 1. The van der Waals surface area contributed by atoms with Gasteiger partial charge in [-0.2, -0.15) is 5.10 Å². The van der Waals surface area contributed by atoms with Crippen LogP contribution in [0.3, 0.4) is 0 Å². The summed E-state index contributed by atoms with van der Waals surface area (Å²) < 4.78 is 0. The van der Waals surface area contributed by atoms with Gasteiger partial charge in [0.25, 0.3) is 0 Å². The summed E-state index contributed by atoms with van der Waals surface area (Å²) in [6.45, 7) is 2.39. The Morgan fingerprint density at radius 2 is 2.41 bits per heavy atom. The van der Waals surface area contributed by atoms with E-state index in [4.69, 9.17) is 16.7 Å². The van der Waals surface area contributed by atoms with E-state index < -0.39 is 12.0 Å². The third-order valence-corrected chi connectivity index (χ3v) is 2.89. The number of nitrogens with one attached hydrogen (secondary N) is 1. The highest BCUT2D eigenvalue weighted by molar-refractivity contribution is 6.29. The predicted molar refractivity (Wildman–Crippen MR) is 61.7 cm³/mol. The van der Waals surface area contributed by atoms with Gasteiger partial charge < -0.3 is 10.4 Å². The summed E-state index contributed by atoms with van der Waals surface area (Å²) in [7, 11) is 0. The summed E-state index contributed by atoms with van der Waals surface area (Å²) in [5, 5.41) is 20.2. The van der Waals surface area contributed by atoms with Gasteiger partial charge in [0.1, 0.15) is 6.04 Å². The van der Waals surface area contributed by atoms with Gasteiger partial charge in [0.05, 0.1) is 5.69 Å². The Bertz CT molecular complexity index is 398. The molecule has 1 aromatic heterocycles. The van der Waals surface area contributed by atoms with Crippen molar-refractivity contribution in [3.05, 3.63) is 23.0 Å². The molecule has 0 aromatic carbocycles. The molecule has 7 heteroatoms. The van der Waals surface area contributed by atoms with Crippen LogP contribution >= 0.6 is 11.6 Å². The van der Waals surface area contributed by atoms with Crippen LogP contribution in [0.15, 0.2) is 12.1 Å². The van der Waals surface area contributed by atoms with Crippen LogP contribution in [0.5, 0.6) is 0 Å². The molecule has 1 saturated heterocycles. The second-order valence-corrected chi connectivity index (χ2v) is 4.26. The topological polar surface area (TPSA) is 78.4 Å². The van der Waals surface area contributed by atoms with Gasteiger partial charge in [-0.25, -0.2) is 0 Å². The van der Waals surface area contributed by atoms with Crippen LogP contribution < -0.4 is 5.32 Å². The molecule has 2 N–H and O–H groups in total. The van der Waals surface area contributed by atoms with E-state index in [0.29, 0.717) is 24.8 Å². The third kappa shape index (κ3) is 3.12. The summed E-state index contributed by atoms with van der Waals surface area (Å²) in [5.74, 6) is -0.820. The zero-order valence-electron chi connectivity index (χ0n) is 9.14. The summed E-state index contributed by atoms with van der Waals surface area (Å²) in [5.41, 5.74) is 0.725. The monoisotopic (exact) mass is 256 g/mol. The van der Waals surface area contributed by atoms with Gasteiger partial charge in [-0.15, -0.1) is 5.10 Å². The number of hydrogen-bond donors (Lipinski definition) is 2. The molecule has 0 unspecified atom stereocenters. The minimum absolute atomic E-state index is 0.337. The standard InChI is InChI=1S/C10H13ClN4O2/c11-9-2-1-7(13-14-9)6-15-4-3-12-5-8(15)10(16)17/h1-2,8,12H,3-6H2,(H,16,17)/t8-/m0/s1. The van der Waals surface area contributed by atoms with Crippen LogP contribution in [0, 0.1) is 0 Å². The minimum atomic E-state index is -0.820.